The highest BCUT2D eigenvalue weighted by atomic mass is 35.5. The number of rotatable bonds is 10. The maximum Gasteiger partial charge on any atom is 0.301 e. The number of anilines is 1. The van der Waals surface area contributed by atoms with Crippen LogP contribution in [-0.2, 0) is 21.8 Å². The van der Waals surface area contributed by atoms with Gasteiger partial charge >= 0.3 is 5.91 Å². The number of carbonyl (C=O) groups excluding carboxylic acids is 2. The summed E-state index contributed by atoms with van der Waals surface area (Å²) in [4.78, 5) is 28.8. The Bertz CT molecular complexity index is 1840. The average Bonchev–Trinajstić information content (AvgIpc) is 3.71. The van der Waals surface area contributed by atoms with E-state index in [0.717, 1.165) is 23.3 Å². The van der Waals surface area contributed by atoms with Crippen molar-refractivity contribution >= 4 is 68.9 Å². The molecular weight excluding hydrogens is 665 g/mol. The Hall–Kier alpha value is -3.57. The molecule has 1 fully saturated rings. The first-order valence-electron chi connectivity index (χ1n) is 14.8. The number of amides is 1. The number of thioether (sulfide) groups is 1. The van der Waals surface area contributed by atoms with Gasteiger partial charge < -0.3 is 14.6 Å². The Morgan fingerprint density at radius 2 is 1.96 bits per heavy atom. The molecule has 2 atom stereocenters. The van der Waals surface area contributed by atoms with Crippen molar-refractivity contribution in [2.45, 2.75) is 55.9 Å². The molecule has 0 radical (unpaired) electrons. The lowest BCUT2D eigenvalue weighted by Crippen LogP contribution is -2.29. The van der Waals surface area contributed by atoms with Crippen LogP contribution in [0.1, 0.15) is 55.5 Å². The molecule has 4 aromatic rings. The quantitative estimate of drug-likeness (QED) is 0.0579. The molecule has 3 heterocycles. The highest BCUT2D eigenvalue weighted by Gasteiger charge is 2.48. The van der Waals surface area contributed by atoms with Gasteiger partial charge in [-0.2, -0.15) is 0 Å². The Kier molecular flexibility index (Phi) is 9.61. The smallest absolute Gasteiger partial charge is 0.301 e. The second-order valence-corrected chi connectivity index (χ2v) is 14.6. The van der Waals surface area contributed by atoms with Gasteiger partial charge in [-0.25, -0.2) is 0 Å². The lowest BCUT2D eigenvalue weighted by Gasteiger charge is -2.23. The van der Waals surface area contributed by atoms with Crippen molar-refractivity contribution in [2.24, 2.45) is 5.92 Å². The predicted octanol–water partition coefficient (Wildman–Crippen LogP) is 8.51. The summed E-state index contributed by atoms with van der Waals surface area (Å²) in [6, 6.07) is 16.9. The minimum absolute atomic E-state index is 0.0107. The molecule has 2 aliphatic heterocycles. The van der Waals surface area contributed by atoms with Gasteiger partial charge in [-0.15, -0.1) is 10.2 Å². The first kappa shape index (κ1) is 32.4. The van der Waals surface area contributed by atoms with E-state index in [1.807, 2.05) is 37.3 Å². The van der Waals surface area contributed by atoms with Crippen molar-refractivity contribution in [3.05, 3.63) is 98.5 Å². The molecule has 1 N–H and O–H groups in total. The first-order chi connectivity index (χ1) is 22.1. The number of hydrogen-bond acceptors (Lipinski definition) is 9. The third kappa shape index (κ3) is 6.76. The van der Waals surface area contributed by atoms with Gasteiger partial charge in [0.2, 0.25) is 5.13 Å². The van der Waals surface area contributed by atoms with E-state index in [1.165, 1.54) is 28.0 Å². The zero-order valence-electron chi connectivity index (χ0n) is 25.3. The number of carbonyl (C=O) groups is 2. The highest BCUT2D eigenvalue weighted by molar-refractivity contribution is 8.00. The lowest BCUT2D eigenvalue weighted by atomic mass is 9.94. The Labute approximate surface area is 285 Å². The Morgan fingerprint density at radius 3 is 2.74 bits per heavy atom. The number of ketones is 1. The molecule has 0 bridgehead atoms. The molecule has 8 nitrogen and oxygen atoms in total. The standard InChI is InChI=1S/C34H31Cl2N3O5S2/c1-18(2)11-12-43-25-6-4-5-20(15-25)29-28(30(40)21-8-10-27-23(14-21)13-19(3)44-27)31(41)32(42)39(29)33-37-38-34(46-33)45-17-22-7-9-24(35)16-26(22)36/h4-10,14-16,18-19,29,40H,11-13,17H2,1-3H3/t19-,29-/m1/s1. The van der Waals surface area contributed by atoms with Crippen molar-refractivity contribution in [1.29, 1.82) is 0 Å². The molecule has 0 saturated carbocycles. The van der Waals surface area contributed by atoms with Gasteiger partial charge in [-0.05, 0) is 78.4 Å². The van der Waals surface area contributed by atoms with Crippen LogP contribution in [0.25, 0.3) is 5.76 Å². The van der Waals surface area contributed by atoms with E-state index in [2.05, 4.69) is 24.0 Å². The van der Waals surface area contributed by atoms with Gasteiger partial charge in [0.1, 0.15) is 23.4 Å². The number of benzene rings is 3. The predicted molar refractivity (Wildman–Crippen MR) is 182 cm³/mol. The van der Waals surface area contributed by atoms with Crippen LogP contribution in [-0.4, -0.2) is 39.7 Å². The van der Waals surface area contributed by atoms with E-state index in [4.69, 9.17) is 32.7 Å². The van der Waals surface area contributed by atoms with E-state index >= 15 is 0 Å². The number of fused-ring (bicyclic) bond motifs is 1. The molecule has 2 aliphatic rings. The summed E-state index contributed by atoms with van der Waals surface area (Å²) in [7, 11) is 0. The van der Waals surface area contributed by atoms with Gasteiger partial charge in [0, 0.05) is 27.8 Å². The summed E-state index contributed by atoms with van der Waals surface area (Å²) in [5.41, 5.74) is 2.79. The highest BCUT2D eigenvalue weighted by Crippen LogP contribution is 2.45. The van der Waals surface area contributed by atoms with Crippen LogP contribution in [0.15, 0.2) is 70.6 Å². The third-order valence-electron chi connectivity index (χ3n) is 7.72. The van der Waals surface area contributed by atoms with E-state index in [1.54, 1.807) is 30.3 Å². The van der Waals surface area contributed by atoms with Crippen LogP contribution in [0, 0.1) is 5.92 Å². The molecule has 3 aromatic carbocycles. The zero-order chi connectivity index (χ0) is 32.5. The maximum atomic E-state index is 13.7. The first-order valence-corrected chi connectivity index (χ1v) is 17.4. The van der Waals surface area contributed by atoms with Crippen LogP contribution in [0.4, 0.5) is 5.13 Å². The topological polar surface area (TPSA) is 102 Å². The number of halogens is 2. The van der Waals surface area contributed by atoms with Gasteiger partial charge in [0.15, 0.2) is 4.34 Å². The monoisotopic (exact) mass is 695 g/mol. The molecule has 0 aliphatic carbocycles. The van der Waals surface area contributed by atoms with Crippen molar-refractivity contribution < 1.29 is 24.2 Å². The number of aromatic nitrogens is 2. The van der Waals surface area contributed by atoms with Gasteiger partial charge in [-0.1, -0.05) is 78.3 Å². The minimum atomic E-state index is -0.964. The van der Waals surface area contributed by atoms with Crippen LogP contribution in [0.2, 0.25) is 10.0 Å². The summed E-state index contributed by atoms with van der Waals surface area (Å²) >= 11 is 15.0. The van der Waals surface area contributed by atoms with Crippen molar-refractivity contribution in [3.63, 3.8) is 0 Å². The SMILES string of the molecule is CC(C)CCOc1cccc([C@@H]2C(=C(O)c3ccc4c(c3)C[C@@H](C)O4)C(=O)C(=O)N2c2nnc(SCc3ccc(Cl)cc3Cl)s2)c1. The Balaban J connectivity index is 1.37. The summed E-state index contributed by atoms with van der Waals surface area (Å²) in [5.74, 6) is 0.433. The molecule has 6 rings (SSSR count). The van der Waals surface area contributed by atoms with E-state index in [9.17, 15) is 14.7 Å². The van der Waals surface area contributed by atoms with E-state index in [0.29, 0.717) is 56.0 Å². The number of ether oxygens (including phenoxy) is 2. The number of aliphatic hydroxyl groups excluding tert-OH is 1. The summed E-state index contributed by atoms with van der Waals surface area (Å²) in [5, 5.41) is 21.6. The molecule has 1 aromatic heterocycles. The molecular formula is C34H31Cl2N3O5S2. The fraction of sp³-hybridized carbons (Fsp3) is 0.294. The average molecular weight is 697 g/mol. The van der Waals surface area contributed by atoms with Gasteiger partial charge in [0.25, 0.3) is 5.78 Å². The molecule has 0 unspecified atom stereocenters. The lowest BCUT2D eigenvalue weighted by molar-refractivity contribution is -0.132. The van der Waals surface area contributed by atoms with Crippen molar-refractivity contribution in [2.75, 3.05) is 11.5 Å². The third-order valence-corrected chi connectivity index (χ3v) is 10.4. The number of hydrogen-bond donors (Lipinski definition) is 1. The molecule has 238 valence electrons. The molecule has 0 spiro atoms. The number of Topliss-reactive ketones (excluding diaryl/α,β-unsaturated/α-hetero) is 1. The fourth-order valence-corrected chi connectivity index (χ4v) is 7.82. The number of nitrogens with zero attached hydrogens (tertiary/aromatic N) is 3. The summed E-state index contributed by atoms with van der Waals surface area (Å²) in [6.07, 6.45) is 1.56. The Morgan fingerprint density at radius 1 is 1.13 bits per heavy atom. The van der Waals surface area contributed by atoms with E-state index in [-0.39, 0.29) is 22.6 Å². The molecule has 12 heteroatoms. The number of aliphatic hydroxyl groups is 1. The zero-order valence-corrected chi connectivity index (χ0v) is 28.5. The largest absolute Gasteiger partial charge is 0.507 e. The van der Waals surface area contributed by atoms with Gasteiger partial charge in [-0.3, -0.25) is 14.5 Å². The van der Waals surface area contributed by atoms with Crippen LogP contribution >= 0.6 is 46.3 Å². The summed E-state index contributed by atoms with van der Waals surface area (Å²) < 4.78 is 12.4. The van der Waals surface area contributed by atoms with Crippen LogP contribution < -0.4 is 14.4 Å². The van der Waals surface area contributed by atoms with Crippen molar-refractivity contribution in [3.8, 4) is 11.5 Å². The normalized spacial score (nSPS) is 18.7. The van der Waals surface area contributed by atoms with Crippen LogP contribution in [0.5, 0.6) is 11.5 Å². The van der Waals surface area contributed by atoms with E-state index < -0.39 is 17.7 Å². The van der Waals surface area contributed by atoms with Gasteiger partial charge in [0.05, 0.1) is 18.2 Å². The molecule has 46 heavy (non-hydrogen) atoms. The maximum absolute atomic E-state index is 13.7. The molecule has 1 amide bonds. The fourth-order valence-electron chi connectivity index (χ4n) is 5.39. The van der Waals surface area contributed by atoms with Crippen LogP contribution in [0.3, 0.4) is 0 Å². The van der Waals surface area contributed by atoms with Crippen molar-refractivity contribution in [1.82, 2.24) is 10.2 Å². The molecule has 1 saturated heterocycles. The minimum Gasteiger partial charge on any atom is -0.507 e. The second kappa shape index (κ2) is 13.7. The second-order valence-electron chi connectivity index (χ2n) is 11.6. The summed E-state index contributed by atoms with van der Waals surface area (Å²) in [6.45, 7) is 6.74.